The van der Waals surface area contributed by atoms with Crippen LogP contribution in [0.5, 0.6) is 0 Å². The first-order valence-electron chi connectivity index (χ1n) is 5.24. The highest BCUT2D eigenvalue weighted by Gasteiger charge is 2.09. The van der Waals surface area contributed by atoms with Crippen LogP contribution < -0.4 is 5.43 Å². The average Bonchev–Trinajstić information content (AvgIpc) is 2.53. The van der Waals surface area contributed by atoms with Crippen molar-refractivity contribution in [1.29, 1.82) is 0 Å². The number of aromatic nitrogens is 1. The summed E-state index contributed by atoms with van der Waals surface area (Å²) >= 11 is 6.00. The molecule has 1 aromatic rings. The number of para-hydroxylation sites is 1. The van der Waals surface area contributed by atoms with Gasteiger partial charge < -0.3 is 0 Å². The Hall–Kier alpha value is -1.93. The van der Waals surface area contributed by atoms with Crippen LogP contribution in [0.2, 0.25) is 5.02 Å². The first-order valence-corrected chi connectivity index (χ1v) is 5.62. The Kier molecular flexibility index (Phi) is 2.30. The van der Waals surface area contributed by atoms with Crippen molar-refractivity contribution in [3.63, 3.8) is 0 Å². The Morgan fingerprint density at radius 2 is 1.76 bits per heavy atom. The van der Waals surface area contributed by atoms with Gasteiger partial charge in [-0.05, 0) is 18.2 Å². The van der Waals surface area contributed by atoms with Gasteiger partial charge in [-0.15, -0.1) is 0 Å². The van der Waals surface area contributed by atoms with Crippen LogP contribution in [0.4, 0.5) is 0 Å². The standard InChI is InChI=1S/C14H8ClNO/c15-14-10-6-5-9-3-1-2-4-11(9)16-12(10)7-8-13(14)17/h1-8H. The van der Waals surface area contributed by atoms with Crippen molar-refractivity contribution in [3.05, 3.63) is 63.8 Å². The zero-order valence-corrected chi connectivity index (χ0v) is 9.61. The normalized spacial score (nSPS) is 10.9. The predicted molar refractivity (Wildman–Crippen MR) is 69.6 cm³/mol. The van der Waals surface area contributed by atoms with Crippen molar-refractivity contribution in [3.8, 4) is 11.3 Å². The number of hydrogen-bond acceptors (Lipinski definition) is 2. The van der Waals surface area contributed by atoms with E-state index in [0.29, 0.717) is 5.56 Å². The van der Waals surface area contributed by atoms with Gasteiger partial charge in [0, 0.05) is 10.9 Å². The summed E-state index contributed by atoms with van der Waals surface area (Å²) in [4.78, 5) is 16.0. The molecule has 3 heteroatoms. The van der Waals surface area contributed by atoms with Crippen LogP contribution in [0.25, 0.3) is 22.2 Å². The molecule has 3 rings (SSSR count). The van der Waals surface area contributed by atoms with Gasteiger partial charge in [0.1, 0.15) is 0 Å². The van der Waals surface area contributed by atoms with Gasteiger partial charge >= 0.3 is 0 Å². The van der Waals surface area contributed by atoms with Gasteiger partial charge in [-0.2, -0.15) is 0 Å². The Morgan fingerprint density at radius 1 is 0.941 bits per heavy atom. The molecule has 0 fully saturated rings. The third-order valence-corrected chi connectivity index (χ3v) is 3.12. The third-order valence-electron chi connectivity index (χ3n) is 2.73. The molecule has 2 nitrogen and oxygen atoms in total. The monoisotopic (exact) mass is 241 g/mol. The topological polar surface area (TPSA) is 30.0 Å². The van der Waals surface area contributed by atoms with Crippen LogP contribution in [0.3, 0.4) is 0 Å². The maximum Gasteiger partial charge on any atom is 0.197 e. The molecule has 1 heterocycles. The van der Waals surface area contributed by atoms with Gasteiger partial charge in [0.05, 0.1) is 16.2 Å². The van der Waals surface area contributed by atoms with Gasteiger partial charge in [0.2, 0.25) is 0 Å². The first-order chi connectivity index (χ1) is 8.25. The summed E-state index contributed by atoms with van der Waals surface area (Å²) in [5.41, 5.74) is 2.14. The van der Waals surface area contributed by atoms with Crippen molar-refractivity contribution in [1.82, 2.24) is 4.98 Å². The van der Waals surface area contributed by atoms with Crippen LogP contribution in [-0.2, 0) is 0 Å². The fourth-order valence-corrected chi connectivity index (χ4v) is 2.07. The summed E-state index contributed by atoms with van der Waals surface area (Å²) in [6, 6.07) is 14.7. The lowest BCUT2D eigenvalue weighted by atomic mass is 10.1. The van der Waals surface area contributed by atoms with Crippen LogP contribution in [0, 0.1) is 0 Å². The molecule has 0 N–H and O–H groups in total. The molecule has 0 unspecified atom stereocenters. The number of rotatable bonds is 0. The number of halogens is 1. The lowest BCUT2D eigenvalue weighted by Gasteiger charge is -2.00. The SMILES string of the molecule is O=c1ccc2nc3ccccc3ccc-2c1Cl. The number of nitrogens with zero attached hydrogens (tertiary/aromatic N) is 1. The smallest absolute Gasteiger partial charge is 0.197 e. The van der Waals surface area contributed by atoms with E-state index in [4.69, 9.17) is 11.6 Å². The third kappa shape index (κ3) is 1.67. The fraction of sp³-hybridized carbons (Fsp3) is 0. The highest BCUT2D eigenvalue weighted by atomic mass is 35.5. The van der Waals surface area contributed by atoms with Gasteiger partial charge in [-0.1, -0.05) is 41.9 Å². The fourth-order valence-electron chi connectivity index (χ4n) is 1.85. The summed E-state index contributed by atoms with van der Waals surface area (Å²) in [5, 5.41) is 1.25. The Bertz CT molecular complexity index is 739. The van der Waals surface area contributed by atoms with Crippen molar-refractivity contribution in [2.45, 2.75) is 0 Å². The summed E-state index contributed by atoms with van der Waals surface area (Å²) in [5.74, 6) is 0. The Labute approximate surface area is 103 Å². The lowest BCUT2D eigenvalue weighted by Crippen LogP contribution is -2.01. The van der Waals surface area contributed by atoms with E-state index in [1.165, 1.54) is 6.07 Å². The molecular weight excluding hydrogens is 234 g/mol. The minimum absolute atomic E-state index is 0.170. The summed E-state index contributed by atoms with van der Waals surface area (Å²) in [7, 11) is 0. The Balaban J connectivity index is 2.51. The van der Waals surface area contributed by atoms with Crippen LogP contribution in [0.15, 0.2) is 53.3 Å². The van der Waals surface area contributed by atoms with E-state index in [1.807, 2.05) is 36.4 Å². The maximum absolute atomic E-state index is 11.5. The second kappa shape index (κ2) is 3.82. The molecule has 17 heavy (non-hydrogen) atoms. The zero-order chi connectivity index (χ0) is 11.8. The van der Waals surface area contributed by atoms with E-state index < -0.39 is 0 Å². The second-order valence-corrected chi connectivity index (χ2v) is 4.19. The molecule has 0 aromatic heterocycles. The molecule has 0 radical (unpaired) electrons. The lowest BCUT2D eigenvalue weighted by molar-refractivity contribution is 1.40. The van der Waals surface area contributed by atoms with E-state index in [9.17, 15) is 4.79 Å². The second-order valence-electron chi connectivity index (χ2n) is 3.81. The van der Waals surface area contributed by atoms with E-state index in [0.717, 1.165) is 16.6 Å². The molecule has 0 atom stereocenters. The summed E-state index contributed by atoms with van der Waals surface area (Å²) in [6.45, 7) is 0. The van der Waals surface area contributed by atoms with Gasteiger partial charge in [0.15, 0.2) is 5.43 Å². The summed E-state index contributed by atoms with van der Waals surface area (Å²) in [6.07, 6.45) is 0. The minimum Gasteiger partial charge on any atom is -0.288 e. The molecule has 82 valence electrons. The predicted octanol–water partition coefficient (Wildman–Crippen LogP) is 3.35. The average molecular weight is 242 g/mol. The molecule has 1 aliphatic heterocycles. The highest BCUT2D eigenvalue weighted by molar-refractivity contribution is 6.33. The zero-order valence-electron chi connectivity index (χ0n) is 8.85. The van der Waals surface area contributed by atoms with Crippen molar-refractivity contribution in [2.24, 2.45) is 0 Å². The molecule has 0 spiro atoms. The largest absolute Gasteiger partial charge is 0.288 e. The highest BCUT2D eigenvalue weighted by Crippen LogP contribution is 2.25. The molecular formula is C14H8ClNO. The maximum atomic E-state index is 11.5. The van der Waals surface area contributed by atoms with Gasteiger partial charge in [0.25, 0.3) is 0 Å². The van der Waals surface area contributed by atoms with E-state index in [-0.39, 0.29) is 10.5 Å². The van der Waals surface area contributed by atoms with Gasteiger partial charge in [-0.25, -0.2) is 4.98 Å². The molecule has 2 aliphatic rings. The molecule has 1 aliphatic carbocycles. The number of benzene rings is 2. The van der Waals surface area contributed by atoms with Crippen LogP contribution in [0.1, 0.15) is 0 Å². The van der Waals surface area contributed by atoms with E-state index in [2.05, 4.69) is 4.98 Å². The molecule has 0 saturated heterocycles. The van der Waals surface area contributed by atoms with Crippen molar-refractivity contribution in [2.75, 3.05) is 0 Å². The minimum atomic E-state index is -0.170. The van der Waals surface area contributed by atoms with E-state index in [1.54, 1.807) is 6.07 Å². The summed E-state index contributed by atoms with van der Waals surface area (Å²) < 4.78 is 0. The number of fused-ring (bicyclic) bond motifs is 2. The van der Waals surface area contributed by atoms with Crippen LogP contribution in [-0.4, -0.2) is 4.98 Å². The molecule has 0 saturated carbocycles. The van der Waals surface area contributed by atoms with E-state index >= 15 is 0 Å². The first kappa shape index (κ1) is 10.2. The van der Waals surface area contributed by atoms with Crippen LogP contribution >= 0.6 is 11.6 Å². The van der Waals surface area contributed by atoms with Gasteiger partial charge in [-0.3, -0.25) is 4.79 Å². The quantitative estimate of drug-likeness (QED) is 0.604. The van der Waals surface area contributed by atoms with Crippen molar-refractivity contribution >= 4 is 22.5 Å². The molecule has 0 bridgehead atoms. The Morgan fingerprint density at radius 3 is 2.65 bits per heavy atom. The molecule has 1 aromatic carbocycles. The molecule has 0 amide bonds. The number of hydrogen-bond donors (Lipinski definition) is 0. The van der Waals surface area contributed by atoms with Crippen molar-refractivity contribution < 1.29 is 0 Å².